The molecule has 2 amide bonds. The summed E-state index contributed by atoms with van der Waals surface area (Å²) in [7, 11) is -2.55. The molecule has 2 rings (SSSR count). The van der Waals surface area contributed by atoms with Gasteiger partial charge < -0.3 is 10.6 Å². The smallest absolute Gasteiger partial charge is 0.243 e. The summed E-state index contributed by atoms with van der Waals surface area (Å²) in [5, 5.41) is 16.2. The molecule has 0 aliphatic rings. The van der Waals surface area contributed by atoms with E-state index in [0.717, 1.165) is 5.56 Å². The van der Waals surface area contributed by atoms with Crippen LogP contribution in [0.25, 0.3) is 0 Å². The predicted molar refractivity (Wildman–Crippen MR) is 99.6 cm³/mol. The molecule has 142 valence electrons. The summed E-state index contributed by atoms with van der Waals surface area (Å²) in [6.45, 7) is 3.07. The van der Waals surface area contributed by atoms with Crippen molar-refractivity contribution in [3.05, 3.63) is 41.6 Å². The average molecular weight is 389 g/mol. The number of hydrogen-bond acceptors (Lipinski definition) is 6. The Morgan fingerprint density at radius 3 is 2.48 bits per heavy atom. The quantitative estimate of drug-likeness (QED) is 0.756. The van der Waals surface area contributed by atoms with Crippen molar-refractivity contribution in [3.8, 4) is 6.07 Å². The number of nitrogens with one attached hydrogen (secondary N) is 2. The van der Waals surface area contributed by atoms with Crippen LogP contribution in [0.15, 0.2) is 30.5 Å². The predicted octanol–water partition coefficient (Wildman–Crippen LogP) is 0.981. The zero-order valence-corrected chi connectivity index (χ0v) is 15.9. The summed E-state index contributed by atoms with van der Waals surface area (Å²) in [4.78, 5) is 24.3. The number of anilines is 2. The number of sulfone groups is 1. The number of carbonyl (C=O) groups is 2. The molecule has 9 nitrogen and oxygen atoms in total. The van der Waals surface area contributed by atoms with Crippen LogP contribution in [-0.4, -0.2) is 41.0 Å². The van der Waals surface area contributed by atoms with Gasteiger partial charge in [-0.25, -0.2) is 8.42 Å². The van der Waals surface area contributed by atoms with Crippen molar-refractivity contribution in [1.82, 2.24) is 9.78 Å². The van der Waals surface area contributed by atoms with Crippen LogP contribution in [0.3, 0.4) is 0 Å². The lowest BCUT2D eigenvalue weighted by Crippen LogP contribution is -2.37. The number of aryl methyl sites for hydroxylation is 2. The Labute approximate surface area is 156 Å². The van der Waals surface area contributed by atoms with Crippen LogP contribution in [0.4, 0.5) is 11.5 Å². The van der Waals surface area contributed by atoms with E-state index in [4.69, 9.17) is 5.26 Å². The van der Waals surface area contributed by atoms with Gasteiger partial charge in [-0.15, -0.1) is 0 Å². The van der Waals surface area contributed by atoms with Crippen LogP contribution >= 0.6 is 0 Å². The lowest BCUT2D eigenvalue weighted by atomic mass is 10.2. The first-order valence-corrected chi connectivity index (χ1v) is 9.66. The lowest BCUT2D eigenvalue weighted by molar-refractivity contribution is -0.115. The SMILES string of the molecule is Cc1ccc(NC(=O)CS(=O)(=O)C(C)C(=O)Nc2c(C#N)cnn2C)cc1. The fourth-order valence-corrected chi connectivity index (χ4v) is 3.26. The molecule has 1 atom stereocenters. The largest absolute Gasteiger partial charge is 0.325 e. The third-order valence-corrected chi connectivity index (χ3v) is 5.83. The molecule has 0 fully saturated rings. The summed E-state index contributed by atoms with van der Waals surface area (Å²) in [6.07, 6.45) is 1.25. The molecule has 0 aliphatic heterocycles. The van der Waals surface area contributed by atoms with Crippen LogP contribution < -0.4 is 10.6 Å². The van der Waals surface area contributed by atoms with Gasteiger partial charge in [0, 0.05) is 12.7 Å². The highest BCUT2D eigenvalue weighted by atomic mass is 32.2. The Balaban J connectivity index is 2.05. The minimum absolute atomic E-state index is 0.0913. The van der Waals surface area contributed by atoms with E-state index in [1.54, 1.807) is 24.3 Å². The van der Waals surface area contributed by atoms with E-state index in [9.17, 15) is 18.0 Å². The number of carbonyl (C=O) groups excluding carboxylic acids is 2. The Morgan fingerprint density at radius 2 is 1.89 bits per heavy atom. The minimum Gasteiger partial charge on any atom is -0.325 e. The van der Waals surface area contributed by atoms with Crippen molar-refractivity contribution >= 4 is 33.2 Å². The van der Waals surface area contributed by atoms with Gasteiger partial charge in [0.05, 0.1) is 6.20 Å². The second-order valence-corrected chi connectivity index (χ2v) is 8.32. The van der Waals surface area contributed by atoms with E-state index in [1.807, 2.05) is 13.0 Å². The molecule has 2 aromatic rings. The molecule has 1 aromatic heterocycles. The summed E-state index contributed by atoms with van der Waals surface area (Å²) in [6, 6.07) is 8.72. The van der Waals surface area contributed by atoms with E-state index in [0.29, 0.717) is 5.69 Å². The van der Waals surface area contributed by atoms with Crippen LogP contribution in [0.1, 0.15) is 18.1 Å². The van der Waals surface area contributed by atoms with E-state index in [-0.39, 0.29) is 11.4 Å². The molecule has 27 heavy (non-hydrogen) atoms. The molecule has 0 saturated carbocycles. The topological polar surface area (TPSA) is 134 Å². The first kappa shape index (κ1) is 20.1. The lowest BCUT2D eigenvalue weighted by Gasteiger charge is -2.14. The Hall–Kier alpha value is -3.19. The molecular weight excluding hydrogens is 370 g/mol. The van der Waals surface area contributed by atoms with Gasteiger partial charge in [0.2, 0.25) is 11.8 Å². The summed E-state index contributed by atoms with van der Waals surface area (Å²) < 4.78 is 26.0. The number of benzene rings is 1. The highest BCUT2D eigenvalue weighted by molar-refractivity contribution is 7.93. The summed E-state index contributed by atoms with van der Waals surface area (Å²) in [5.74, 6) is -2.34. The second kappa shape index (κ2) is 8.01. The number of aromatic nitrogens is 2. The zero-order valence-electron chi connectivity index (χ0n) is 15.1. The van der Waals surface area contributed by atoms with Crippen LogP contribution in [0.5, 0.6) is 0 Å². The number of amides is 2. The zero-order chi connectivity index (χ0) is 20.2. The van der Waals surface area contributed by atoms with Crippen molar-refractivity contribution in [3.63, 3.8) is 0 Å². The van der Waals surface area contributed by atoms with Gasteiger partial charge in [0.25, 0.3) is 0 Å². The third kappa shape index (κ3) is 4.92. The van der Waals surface area contributed by atoms with Gasteiger partial charge in [-0.2, -0.15) is 10.4 Å². The standard InChI is InChI=1S/C17H19N5O4S/c1-11-4-6-14(7-5-11)20-15(23)10-27(25,26)12(2)17(24)21-16-13(8-18)9-19-22(16)3/h4-7,9,12H,10H2,1-3H3,(H,20,23)(H,21,24). The second-order valence-electron chi connectivity index (χ2n) is 6.00. The Bertz CT molecular complexity index is 1000. The van der Waals surface area contributed by atoms with E-state index >= 15 is 0 Å². The molecule has 0 bridgehead atoms. The van der Waals surface area contributed by atoms with E-state index in [2.05, 4.69) is 15.7 Å². The maximum Gasteiger partial charge on any atom is 0.243 e. The fraction of sp³-hybridized carbons (Fsp3) is 0.294. The Kier molecular flexibility index (Phi) is 5.97. The molecule has 10 heteroatoms. The Morgan fingerprint density at radius 1 is 1.26 bits per heavy atom. The van der Waals surface area contributed by atoms with Crippen LogP contribution in [-0.2, 0) is 26.5 Å². The minimum atomic E-state index is -4.06. The normalized spacial score (nSPS) is 12.1. The van der Waals surface area contributed by atoms with Crippen LogP contribution in [0.2, 0.25) is 0 Å². The first-order chi connectivity index (χ1) is 12.6. The molecule has 0 saturated heterocycles. The van der Waals surface area contributed by atoms with Gasteiger partial charge in [0.1, 0.15) is 28.5 Å². The monoisotopic (exact) mass is 389 g/mol. The highest BCUT2D eigenvalue weighted by Crippen LogP contribution is 2.15. The van der Waals surface area contributed by atoms with Crippen molar-refractivity contribution in [2.75, 3.05) is 16.4 Å². The van der Waals surface area contributed by atoms with Gasteiger partial charge in [0.15, 0.2) is 9.84 Å². The van der Waals surface area contributed by atoms with Gasteiger partial charge in [-0.1, -0.05) is 17.7 Å². The number of nitrogens with zero attached hydrogens (tertiary/aromatic N) is 3. The number of rotatable bonds is 6. The molecule has 1 aromatic carbocycles. The van der Waals surface area contributed by atoms with Gasteiger partial charge >= 0.3 is 0 Å². The van der Waals surface area contributed by atoms with Crippen molar-refractivity contribution in [2.45, 2.75) is 19.1 Å². The molecule has 2 N–H and O–H groups in total. The number of hydrogen-bond donors (Lipinski definition) is 2. The van der Waals surface area contributed by atoms with Gasteiger partial charge in [-0.05, 0) is 26.0 Å². The van der Waals surface area contributed by atoms with Crippen molar-refractivity contribution < 1.29 is 18.0 Å². The molecule has 0 aliphatic carbocycles. The molecule has 1 heterocycles. The fourth-order valence-electron chi connectivity index (χ4n) is 2.19. The maximum absolute atomic E-state index is 12.4. The molecule has 0 spiro atoms. The molecule has 1 unspecified atom stereocenters. The molecular formula is C17H19N5O4S. The van der Waals surface area contributed by atoms with Crippen molar-refractivity contribution in [2.24, 2.45) is 7.05 Å². The highest BCUT2D eigenvalue weighted by Gasteiger charge is 2.31. The van der Waals surface area contributed by atoms with Gasteiger partial charge in [-0.3, -0.25) is 14.3 Å². The first-order valence-electron chi connectivity index (χ1n) is 7.95. The summed E-state index contributed by atoms with van der Waals surface area (Å²) in [5.41, 5.74) is 1.57. The number of nitriles is 1. The van der Waals surface area contributed by atoms with Crippen molar-refractivity contribution in [1.29, 1.82) is 5.26 Å². The molecule has 0 radical (unpaired) electrons. The van der Waals surface area contributed by atoms with Crippen LogP contribution in [0, 0.1) is 18.3 Å². The maximum atomic E-state index is 12.4. The summed E-state index contributed by atoms with van der Waals surface area (Å²) >= 11 is 0. The third-order valence-electron chi connectivity index (χ3n) is 3.88. The van der Waals surface area contributed by atoms with E-state index in [1.165, 1.54) is 24.9 Å². The van der Waals surface area contributed by atoms with E-state index < -0.39 is 32.7 Å². The average Bonchev–Trinajstić information content (AvgIpc) is 2.95.